The van der Waals surface area contributed by atoms with Gasteiger partial charge in [-0.15, -0.1) is 11.3 Å². The summed E-state index contributed by atoms with van der Waals surface area (Å²) in [7, 11) is 4.27. The molecule has 0 bridgehead atoms. The van der Waals surface area contributed by atoms with E-state index in [1.165, 1.54) is 41.6 Å². The molecule has 5 heteroatoms. The monoisotopic (exact) mass is 483 g/mol. The molecule has 0 saturated carbocycles. The fourth-order valence-corrected chi connectivity index (χ4v) is 5.71. The Morgan fingerprint density at radius 2 is 1.51 bits per heavy atom. The highest BCUT2D eigenvalue weighted by Crippen LogP contribution is 2.31. The van der Waals surface area contributed by atoms with E-state index in [0.29, 0.717) is 0 Å². The molecular weight excluding hydrogens is 450 g/mol. The maximum absolute atomic E-state index is 9.23. The minimum Gasteiger partial charge on any atom is -0.392 e. The Bertz CT molecular complexity index is 1220. The van der Waals surface area contributed by atoms with Crippen molar-refractivity contribution in [1.29, 1.82) is 0 Å². The molecular formula is C30H33N3OS. The van der Waals surface area contributed by atoms with Crippen LogP contribution in [0.2, 0.25) is 0 Å². The third kappa shape index (κ3) is 5.58. The quantitative estimate of drug-likeness (QED) is 0.309. The van der Waals surface area contributed by atoms with E-state index in [9.17, 15) is 5.11 Å². The summed E-state index contributed by atoms with van der Waals surface area (Å²) in [5, 5.41) is 12.4. The topological polar surface area (TPSA) is 39.6 Å². The summed E-state index contributed by atoms with van der Waals surface area (Å²) in [5.74, 6) is 0.757. The second-order valence-corrected chi connectivity index (χ2v) is 10.5. The molecule has 0 atom stereocenters. The van der Waals surface area contributed by atoms with Gasteiger partial charge in [-0.25, -0.2) is 4.98 Å². The molecule has 0 radical (unpaired) electrons. The minimum atomic E-state index is 0.0792. The molecule has 0 unspecified atom stereocenters. The molecule has 1 N–H and O–H groups in total. The molecule has 4 nitrogen and oxygen atoms in total. The van der Waals surface area contributed by atoms with Crippen molar-refractivity contribution in [3.8, 4) is 11.3 Å². The number of aliphatic hydroxyl groups is 1. The van der Waals surface area contributed by atoms with Crippen LogP contribution < -0.4 is 9.80 Å². The Morgan fingerprint density at radius 3 is 2.17 bits per heavy atom. The molecule has 0 spiro atoms. The van der Waals surface area contributed by atoms with E-state index in [-0.39, 0.29) is 6.61 Å². The fourth-order valence-electron chi connectivity index (χ4n) is 4.91. The first kappa shape index (κ1) is 23.6. The van der Waals surface area contributed by atoms with Crippen LogP contribution in [-0.4, -0.2) is 30.7 Å². The standard InChI is InChI=1S/C30H33N3OS/c1-32(16-15-24-17-26-5-3-4-6-27(26)18-24)28-13-11-25(12-14-28)29-21-35-30(31-29)33(2)19-22-7-9-23(20-34)10-8-22/h3-14,21,24,34H,15-20H2,1-2H3. The average Bonchev–Trinajstić information content (AvgIpc) is 3.55. The van der Waals surface area contributed by atoms with Gasteiger partial charge in [-0.05, 0) is 59.6 Å². The summed E-state index contributed by atoms with van der Waals surface area (Å²) in [6, 6.07) is 25.8. The van der Waals surface area contributed by atoms with Gasteiger partial charge in [0.1, 0.15) is 0 Å². The summed E-state index contributed by atoms with van der Waals surface area (Å²) in [6.45, 7) is 1.94. The number of fused-ring (bicyclic) bond motifs is 1. The van der Waals surface area contributed by atoms with Gasteiger partial charge < -0.3 is 14.9 Å². The van der Waals surface area contributed by atoms with E-state index in [2.05, 4.69) is 89.9 Å². The van der Waals surface area contributed by atoms with Gasteiger partial charge in [-0.3, -0.25) is 0 Å². The molecule has 0 saturated heterocycles. The van der Waals surface area contributed by atoms with Crippen LogP contribution in [0.25, 0.3) is 11.3 Å². The maximum Gasteiger partial charge on any atom is 0.185 e. The number of benzene rings is 3. The van der Waals surface area contributed by atoms with E-state index in [1.54, 1.807) is 11.3 Å². The van der Waals surface area contributed by atoms with E-state index in [1.807, 2.05) is 12.1 Å². The SMILES string of the molecule is CN(CCC1Cc2ccccc2C1)c1ccc(-c2csc(N(C)Cc3ccc(CO)cc3)n2)cc1. The first-order chi connectivity index (χ1) is 17.1. The molecule has 4 aromatic rings. The first-order valence-corrected chi connectivity index (χ1v) is 13.2. The Balaban J connectivity index is 1.16. The van der Waals surface area contributed by atoms with Crippen LogP contribution in [0.5, 0.6) is 0 Å². The lowest BCUT2D eigenvalue weighted by Crippen LogP contribution is -2.21. The molecule has 5 rings (SSSR count). The number of anilines is 2. The number of aromatic nitrogens is 1. The van der Waals surface area contributed by atoms with Gasteiger partial charge >= 0.3 is 0 Å². The van der Waals surface area contributed by atoms with Gasteiger partial charge in [0.05, 0.1) is 12.3 Å². The van der Waals surface area contributed by atoms with Crippen molar-refractivity contribution < 1.29 is 5.11 Å². The molecule has 3 aromatic carbocycles. The molecule has 1 aliphatic carbocycles. The molecule has 0 fully saturated rings. The second kappa shape index (κ2) is 10.6. The van der Waals surface area contributed by atoms with Crippen LogP contribution in [0.4, 0.5) is 10.8 Å². The lowest BCUT2D eigenvalue weighted by Gasteiger charge is -2.21. The average molecular weight is 484 g/mol. The molecule has 0 amide bonds. The van der Waals surface area contributed by atoms with E-state index >= 15 is 0 Å². The van der Waals surface area contributed by atoms with Crippen molar-refractivity contribution in [3.63, 3.8) is 0 Å². The van der Waals surface area contributed by atoms with Crippen molar-refractivity contribution in [2.45, 2.75) is 32.4 Å². The Labute approximate surface area is 212 Å². The number of rotatable bonds is 9. The highest BCUT2D eigenvalue weighted by Gasteiger charge is 2.21. The zero-order valence-corrected chi connectivity index (χ0v) is 21.3. The van der Waals surface area contributed by atoms with Crippen LogP contribution in [0, 0.1) is 5.92 Å². The Morgan fingerprint density at radius 1 is 0.857 bits per heavy atom. The van der Waals surface area contributed by atoms with Crippen molar-refractivity contribution in [2.75, 3.05) is 30.4 Å². The van der Waals surface area contributed by atoms with Gasteiger partial charge in [0.25, 0.3) is 0 Å². The minimum absolute atomic E-state index is 0.0792. The summed E-state index contributed by atoms with van der Waals surface area (Å²) in [5.41, 5.74) is 8.64. The zero-order chi connectivity index (χ0) is 24.2. The third-order valence-corrected chi connectivity index (χ3v) is 8.01. The predicted molar refractivity (Wildman–Crippen MR) is 147 cm³/mol. The number of hydrogen-bond acceptors (Lipinski definition) is 5. The van der Waals surface area contributed by atoms with Gasteiger partial charge in [0, 0.05) is 43.8 Å². The zero-order valence-electron chi connectivity index (χ0n) is 20.5. The van der Waals surface area contributed by atoms with Crippen LogP contribution in [-0.2, 0) is 26.0 Å². The molecule has 0 aliphatic heterocycles. The first-order valence-electron chi connectivity index (χ1n) is 12.3. The highest BCUT2D eigenvalue weighted by molar-refractivity contribution is 7.14. The van der Waals surface area contributed by atoms with Gasteiger partial charge in [-0.1, -0.05) is 60.7 Å². The molecule has 1 heterocycles. The lowest BCUT2D eigenvalue weighted by atomic mass is 10.0. The summed E-state index contributed by atoms with van der Waals surface area (Å²) in [6.07, 6.45) is 3.66. The smallest absolute Gasteiger partial charge is 0.185 e. The highest BCUT2D eigenvalue weighted by atomic mass is 32.1. The van der Waals surface area contributed by atoms with Gasteiger partial charge in [0.2, 0.25) is 0 Å². The third-order valence-electron chi connectivity index (χ3n) is 7.06. The number of aliphatic hydroxyl groups excluding tert-OH is 1. The predicted octanol–water partition coefficient (Wildman–Crippen LogP) is 6.18. The van der Waals surface area contributed by atoms with E-state index in [0.717, 1.165) is 41.0 Å². The molecule has 35 heavy (non-hydrogen) atoms. The summed E-state index contributed by atoms with van der Waals surface area (Å²) in [4.78, 5) is 9.43. The summed E-state index contributed by atoms with van der Waals surface area (Å²) < 4.78 is 0. The van der Waals surface area contributed by atoms with Crippen LogP contribution >= 0.6 is 11.3 Å². The van der Waals surface area contributed by atoms with Crippen LogP contribution in [0.1, 0.15) is 28.7 Å². The number of thiazole rings is 1. The van der Waals surface area contributed by atoms with Crippen molar-refractivity contribution in [1.82, 2.24) is 4.98 Å². The summed E-state index contributed by atoms with van der Waals surface area (Å²) >= 11 is 1.67. The van der Waals surface area contributed by atoms with Crippen molar-refractivity contribution >= 4 is 22.2 Å². The Hall–Kier alpha value is -3.15. The van der Waals surface area contributed by atoms with Crippen LogP contribution in [0.3, 0.4) is 0 Å². The number of nitrogens with zero attached hydrogens (tertiary/aromatic N) is 3. The second-order valence-electron chi connectivity index (χ2n) is 9.65. The van der Waals surface area contributed by atoms with E-state index < -0.39 is 0 Å². The van der Waals surface area contributed by atoms with Crippen LogP contribution in [0.15, 0.2) is 78.2 Å². The van der Waals surface area contributed by atoms with E-state index in [4.69, 9.17) is 4.98 Å². The fraction of sp³-hybridized carbons (Fsp3) is 0.300. The maximum atomic E-state index is 9.23. The van der Waals surface area contributed by atoms with Crippen molar-refractivity contribution in [2.24, 2.45) is 5.92 Å². The molecule has 1 aliphatic rings. The molecule has 180 valence electrons. The normalized spacial score (nSPS) is 13.1. The molecule has 1 aromatic heterocycles. The van der Waals surface area contributed by atoms with Gasteiger partial charge in [-0.2, -0.15) is 0 Å². The largest absolute Gasteiger partial charge is 0.392 e. The van der Waals surface area contributed by atoms with Gasteiger partial charge in [0.15, 0.2) is 5.13 Å². The Kier molecular flexibility index (Phi) is 7.16. The van der Waals surface area contributed by atoms with Crippen molar-refractivity contribution in [3.05, 3.63) is 100 Å². The lowest BCUT2D eigenvalue weighted by molar-refractivity contribution is 0.282. The number of hydrogen-bond donors (Lipinski definition) is 1.